The largest absolute Gasteiger partial charge is 0.493 e. The number of H-pyrrole nitrogens is 1. The van der Waals surface area contributed by atoms with Crippen LogP contribution in [0.25, 0.3) is 22.2 Å². The lowest BCUT2D eigenvalue weighted by atomic mass is 10.00. The minimum atomic E-state index is 0.693. The third-order valence-electron chi connectivity index (χ3n) is 4.49. The van der Waals surface area contributed by atoms with Crippen molar-refractivity contribution >= 4 is 38.4 Å². The van der Waals surface area contributed by atoms with Gasteiger partial charge in [-0.1, -0.05) is 27.5 Å². The lowest BCUT2D eigenvalue weighted by Gasteiger charge is -2.10. The van der Waals surface area contributed by atoms with Crippen LogP contribution in [0.1, 0.15) is 18.4 Å². The van der Waals surface area contributed by atoms with Crippen molar-refractivity contribution in [3.63, 3.8) is 0 Å². The molecule has 0 saturated carbocycles. The van der Waals surface area contributed by atoms with Crippen molar-refractivity contribution in [3.8, 4) is 22.8 Å². The Morgan fingerprint density at radius 1 is 1.08 bits per heavy atom. The van der Waals surface area contributed by atoms with Crippen LogP contribution in [0.3, 0.4) is 0 Å². The summed E-state index contributed by atoms with van der Waals surface area (Å²) < 4.78 is 11.8. The summed E-state index contributed by atoms with van der Waals surface area (Å²) in [6.07, 6.45) is 2.93. The van der Waals surface area contributed by atoms with E-state index >= 15 is 0 Å². The number of unbranched alkanes of at least 4 members (excludes halogenated alkanes) is 1. The van der Waals surface area contributed by atoms with Crippen LogP contribution in [0.2, 0.25) is 5.02 Å². The highest BCUT2D eigenvalue weighted by Crippen LogP contribution is 2.39. The zero-order valence-corrected chi connectivity index (χ0v) is 17.2. The lowest BCUT2D eigenvalue weighted by Crippen LogP contribution is -1.99. The van der Waals surface area contributed by atoms with Gasteiger partial charge in [0.05, 0.1) is 24.8 Å². The van der Waals surface area contributed by atoms with Crippen molar-refractivity contribution in [2.24, 2.45) is 5.73 Å². The normalized spacial score (nSPS) is 11.1. The van der Waals surface area contributed by atoms with Gasteiger partial charge in [-0.15, -0.1) is 0 Å². The van der Waals surface area contributed by atoms with E-state index in [1.807, 2.05) is 24.3 Å². The van der Waals surface area contributed by atoms with E-state index in [4.69, 9.17) is 26.8 Å². The molecule has 3 aromatic rings. The first-order valence-electron chi connectivity index (χ1n) is 8.51. The van der Waals surface area contributed by atoms with E-state index in [-0.39, 0.29) is 0 Å². The van der Waals surface area contributed by atoms with Crippen LogP contribution in [-0.2, 0) is 6.42 Å². The Balaban J connectivity index is 2.17. The SMILES string of the molecule is COc1ccc(-c2[nH]c3c(Cl)cc(Br)cc3c2CCCCN)cc1OC. The Morgan fingerprint density at radius 2 is 1.85 bits per heavy atom. The second-order valence-corrected chi connectivity index (χ2v) is 7.43. The average molecular weight is 438 g/mol. The van der Waals surface area contributed by atoms with Crippen molar-refractivity contribution in [1.82, 2.24) is 4.98 Å². The smallest absolute Gasteiger partial charge is 0.161 e. The second-order valence-electron chi connectivity index (χ2n) is 6.10. The molecule has 0 bridgehead atoms. The van der Waals surface area contributed by atoms with Crippen LogP contribution in [0.5, 0.6) is 11.5 Å². The number of benzene rings is 2. The van der Waals surface area contributed by atoms with Crippen molar-refractivity contribution < 1.29 is 9.47 Å². The van der Waals surface area contributed by atoms with Crippen LogP contribution in [-0.4, -0.2) is 25.7 Å². The fourth-order valence-electron chi connectivity index (χ4n) is 3.22. The Kier molecular flexibility index (Phi) is 6.12. The maximum atomic E-state index is 6.48. The zero-order chi connectivity index (χ0) is 18.7. The molecule has 0 aliphatic heterocycles. The number of nitrogens with two attached hydrogens (primary N) is 1. The van der Waals surface area contributed by atoms with Crippen molar-refractivity contribution in [1.29, 1.82) is 0 Å². The summed E-state index contributed by atoms with van der Waals surface area (Å²) in [5.41, 5.74) is 9.96. The molecule has 0 unspecified atom stereocenters. The van der Waals surface area contributed by atoms with E-state index in [2.05, 4.69) is 27.0 Å². The Morgan fingerprint density at radius 3 is 2.54 bits per heavy atom. The van der Waals surface area contributed by atoms with Gasteiger partial charge in [-0.05, 0) is 61.7 Å². The number of nitrogens with one attached hydrogen (secondary N) is 1. The van der Waals surface area contributed by atoms with Gasteiger partial charge in [-0.25, -0.2) is 0 Å². The van der Waals surface area contributed by atoms with Gasteiger partial charge in [-0.2, -0.15) is 0 Å². The summed E-state index contributed by atoms with van der Waals surface area (Å²) in [7, 11) is 3.28. The Labute approximate surface area is 166 Å². The molecule has 0 radical (unpaired) electrons. The molecule has 26 heavy (non-hydrogen) atoms. The van der Waals surface area contributed by atoms with Crippen molar-refractivity contribution in [2.75, 3.05) is 20.8 Å². The molecular weight excluding hydrogens is 416 g/mol. The number of methoxy groups -OCH3 is 2. The van der Waals surface area contributed by atoms with Crippen molar-refractivity contribution in [3.05, 3.63) is 45.4 Å². The summed E-state index contributed by atoms with van der Waals surface area (Å²) >= 11 is 10.0. The van der Waals surface area contributed by atoms with Crippen LogP contribution in [0.4, 0.5) is 0 Å². The highest BCUT2D eigenvalue weighted by Gasteiger charge is 2.17. The summed E-state index contributed by atoms with van der Waals surface area (Å²) in [6, 6.07) is 9.95. The number of ether oxygens (including phenoxy) is 2. The van der Waals surface area contributed by atoms with Gasteiger partial charge >= 0.3 is 0 Å². The maximum Gasteiger partial charge on any atom is 0.161 e. The third-order valence-corrected chi connectivity index (χ3v) is 5.24. The van der Waals surface area contributed by atoms with Crippen LogP contribution < -0.4 is 15.2 Å². The van der Waals surface area contributed by atoms with E-state index < -0.39 is 0 Å². The van der Waals surface area contributed by atoms with Gasteiger partial charge in [-0.3, -0.25) is 0 Å². The minimum Gasteiger partial charge on any atom is -0.493 e. The molecule has 0 aliphatic rings. The predicted octanol–water partition coefficient (Wildman–Crippen LogP) is 5.55. The topological polar surface area (TPSA) is 60.3 Å². The summed E-state index contributed by atoms with van der Waals surface area (Å²) in [4.78, 5) is 3.51. The third kappa shape index (κ3) is 3.70. The van der Waals surface area contributed by atoms with E-state index in [0.29, 0.717) is 23.1 Å². The lowest BCUT2D eigenvalue weighted by molar-refractivity contribution is 0.355. The van der Waals surface area contributed by atoms with Gasteiger partial charge in [0, 0.05) is 21.1 Å². The monoisotopic (exact) mass is 436 g/mol. The van der Waals surface area contributed by atoms with E-state index in [9.17, 15) is 0 Å². The second kappa shape index (κ2) is 8.33. The Bertz CT molecular complexity index is 924. The number of halogens is 2. The molecule has 0 spiro atoms. The first kappa shape index (κ1) is 19.1. The first-order valence-corrected chi connectivity index (χ1v) is 9.68. The number of hydrogen-bond acceptors (Lipinski definition) is 3. The molecule has 1 aromatic heterocycles. The van der Waals surface area contributed by atoms with Gasteiger partial charge in [0.25, 0.3) is 0 Å². The summed E-state index contributed by atoms with van der Waals surface area (Å²) in [5, 5.41) is 1.83. The molecule has 2 aromatic carbocycles. The minimum absolute atomic E-state index is 0.693. The van der Waals surface area contributed by atoms with E-state index in [1.165, 1.54) is 5.56 Å². The number of rotatable bonds is 7. The number of aryl methyl sites for hydroxylation is 1. The molecule has 3 N–H and O–H groups in total. The molecule has 6 heteroatoms. The van der Waals surface area contributed by atoms with E-state index in [1.54, 1.807) is 14.2 Å². The molecule has 138 valence electrons. The molecule has 1 heterocycles. The molecule has 0 atom stereocenters. The van der Waals surface area contributed by atoms with Crippen LogP contribution in [0, 0.1) is 0 Å². The molecule has 0 fully saturated rings. The zero-order valence-electron chi connectivity index (χ0n) is 14.9. The summed E-state index contributed by atoms with van der Waals surface area (Å²) in [6.45, 7) is 0.693. The van der Waals surface area contributed by atoms with Gasteiger partial charge in [0.15, 0.2) is 11.5 Å². The number of fused-ring (bicyclic) bond motifs is 1. The molecule has 0 saturated heterocycles. The van der Waals surface area contributed by atoms with Gasteiger partial charge in [0.2, 0.25) is 0 Å². The number of hydrogen-bond donors (Lipinski definition) is 2. The van der Waals surface area contributed by atoms with E-state index in [0.717, 1.165) is 45.9 Å². The highest BCUT2D eigenvalue weighted by atomic mass is 79.9. The number of aromatic nitrogens is 1. The molecular formula is C20H22BrClN2O2. The molecule has 0 amide bonds. The maximum absolute atomic E-state index is 6.48. The van der Waals surface area contributed by atoms with Crippen molar-refractivity contribution in [2.45, 2.75) is 19.3 Å². The van der Waals surface area contributed by atoms with Gasteiger partial charge in [0.1, 0.15) is 0 Å². The number of aromatic amines is 1. The van der Waals surface area contributed by atoms with Crippen LogP contribution in [0.15, 0.2) is 34.8 Å². The molecule has 0 aliphatic carbocycles. The summed E-state index contributed by atoms with van der Waals surface area (Å²) in [5.74, 6) is 1.40. The van der Waals surface area contributed by atoms with Gasteiger partial charge < -0.3 is 20.2 Å². The quantitative estimate of drug-likeness (QED) is 0.476. The molecule has 4 nitrogen and oxygen atoms in total. The predicted molar refractivity (Wildman–Crippen MR) is 112 cm³/mol. The van der Waals surface area contributed by atoms with Crippen LogP contribution >= 0.6 is 27.5 Å². The highest BCUT2D eigenvalue weighted by molar-refractivity contribution is 9.10. The molecule has 3 rings (SSSR count). The fourth-order valence-corrected chi connectivity index (χ4v) is 4.07. The first-order chi connectivity index (χ1) is 12.6. The average Bonchev–Trinajstić information content (AvgIpc) is 3.00. The fraction of sp³-hybridized carbons (Fsp3) is 0.300. The standard InChI is InChI=1S/C20H22BrClN2O2/c1-25-17-7-6-12(9-18(17)26-2)19-14(5-3-4-8-23)15-10-13(21)11-16(22)20(15)24-19/h6-7,9-11,24H,3-5,8,23H2,1-2H3. The Hall–Kier alpha value is -1.69.